The van der Waals surface area contributed by atoms with E-state index in [2.05, 4.69) is 26.2 Å². The molecule has 3 amide bonds. The molecule has 49 heavy (non-hydrogen) atoms. The molecular formula is C38H43N5O6. The molecule has 0 saturated carbocycles. The van der Waals surface area contributed by atoms with Crippen LogP contribution in [-0.4, -0.2) is 72.4 Å². The van der Waals surface area contributed by atoms with Gasteiger partial charge in [-0.25, -0.2) is 4.79 Å². The molecule has 11 heteroatoms. The first-order chi connectivity index (χ1) is 23.9. The SMILES string of the molecule is O=CNc1cc(C(O)CNCCc2ccc(NC(=O)CCN3CCC(OC(=O)Nc4ccccc4-c4ccccc4)CC3)cc2)ccc1O. The minimum atomic E-state index is -0.800. The molecule has 1 unspecified atom stereocenters. The predicted octanol–water partition coefficient (Wildman–Crippen LogP) is 5.53. The Hall–Kier alpha value is -5.23. The second kappa shape index (κ2) is 17.8. The van der Waals surface area contributed by atoms with Gasteiger partial charge in [0, 0.05) is 43.9 Å². The van der Waals surface area contributed by atoms with E-state index in [0.29, 0.717) is 56.6 Å². The largest absolute Gasteiger partial charge is 0.506 e. The first-order valence-electron chi connectivity index (χ1n) is 16.5. The van der Waals surface area contributed by atoms with Crippen LogP contribution < -0.4 is 21.3 Å². The number of nitrogens with zero attached hydrogens (tertiary/aromatic N) is 1. The number of carbonyl (C=O) groups is 3. The lowest BCUT2D eigenvalue weighted by Crippen LogP contribution is -2.39. The molecular weight excluding hydrogens is 622 g/mol. The molecule has 0 spiro atoms. The van der Waals surface area contributed by atoms with E-state index >= 15 is 0 Å². The number of ether oxygens (including phenoxy) is 1. The predicted molar refractivity (Wildman–Crippen MR) is 190 cm³/mol. The molecule has 0 bridgehead atoms. The third-order valence-corrected chi connectivity index (χ3v) is 8.50. The highest BCUT2D eigenvalue weighted by Crippen LogP contribution is 2.28. The topological polar surface area (TPSA) is 152 Å². The first-order valence-corrected chi connectivity index (χ1v) is 16.5. The highest BCUT2D eigenvalue weighted by atomic mass is 16.6. The Balaban J connectivity index is 0.959. The van der Waals surface area contributed by atoms with Crippen LogP contribution in [0.5, 0.6) is 5.75 Å². The number of aliphatic hydroxyl groups excluding tert-OH is 1. The van der Waals surface area contributed by atoms with Crippen LogP contribution in [0.1, 0.15) is 36.5 Å². The molecule has 256 valence electrons. The van der Waals surface area contributed by atoms with Crippen molar-refractivity contribution >= 4 is 35.5 Å². The van der Waals surface area contributed by atoms with Crippen molar-refractivity contribution in [3.8, 4) is 16.9 Å². The van der Waals surface area contributed by atoms with Gasteiger partial charge in [0.15, 0.2) is 0 Å². The van der Waals surface area contributed by atoms with Gasteiger partial charge in [-0.3, -0.25) is 14.9 Å². The standard InChI is InChI=1S/C38H43N5O6/c44-26-40-34-24-29(12-15-35(34)45)36(46)25-39-20-16-27-10-13-30(14-11-27)41-37(47)19-23-43-21-17-31(18-22-43)49-38(48)42-33-9-5-4-8-32(33)28-6-2-1-3-7-28/h1-15,24,26,31,36,39,45-46H,16-23,25H2,(H,40,44)(H,41,47)(H,42,48). The highest BCUT2D eigenvalue weighted by molar-refractivity contribution is 5.92. The molecule has 1 heterocycles. The van der Waals surface area contributed by atoms with Gasteiger partial charge in [0.05, 0.1) is 17.5 Å². The lowest BCUT2D eigenvalue weighted by molar-refractivity contribution is -0.116. The van der Waals surface area contributed by atoms with Gasteiger partial charge >= 0.3 is 6.09 Å². The lowest BCUT2D eigenvalue weighted by atomic mass is 10.0. The second-order valence-corrected chi connectivity index (χ2v) is 12.0. The summed E-state index contributed by atoms with van der Waals surface area (Å²) in [5, 5.41) is 31.7. The van der Waals surface area contributed by atoms with Crippen molar-refractivity contribution in [1.82, 2.24) is 10.2 Å². The van der Waals surface area contributed by atoms with Gasteiger partial charge < -0.3 is 35.8 Å². The summed E-state index contributed by atoms with van der Waals surface area (Å²) in [5.41, 5.74) is 5.30. The Morgan fingerprint density at radius 3 is 2.39 bits per heavy atom. The number of rotatable bonds is 15. The van der Waals surface area contributed by atoms with Gasteiger partial charge in [0.25, 0.3) is 0 Å². The number of anilines is 3. The number of piperidine rings is 1. The number of aliphatic hydroxyl groups is 1. The van der Waals surface area contributed by atoms with Gasteiger partial charge in [-0.15, -0.1) is 0 Å². The first kappa shape index (κ1) is 35.1. The third kappa shape index (κ3) is 10.6. The summed E-state index contributed by atoms with van der Waals surface area (Å²) in [5.74, 6) is -0.123. The van der Waals surface area contributed by atoms with Crippen molar-refractivity contribution in [3.63, 3.8) is 0 Å². The normalized spacial score (nSPS) is 14.1. The molecule has 4 aromatic carbocycles. The van der Waals surface area contributed by atoms with Crippen molar-refractivity contribution in [1.29, 1.82) is 0 Å². The number of likely N-dealkylation sites (tertiary alicyclic amines) is 1. The number of phenols is 1. The molecule has 1 aliphatic rings. The van der Waals surface area contributed by atoms with Crippen LogP contribution in [0.25, 0.3) is 11.1 Å². The van der Waals surface area contributed by atoms with E-state index in [1.165, 1.54) is 12.1 Å². The van der Waals surface area contributed by atoms with Crippen LogP contribution in [0, 0.1) is 0 Å². The number of amides is 3. The Morgan fingerprint density at radius 2 is 1.63 bits per heavy atom. The molecule has 1 aliphatic heterocycles. The van der Waals surface area contributed by atoms with E-state index in [-0.39, 0.29) is 23.4 Å². The summed E-state index contributed by atoms with van der Waals surface area (Å²) in [4.78, 5) is 38.2. The number of nitrogens with one attached hydrogen (secondary N) is 4. The fourth-order valence-electron chi connectivity index (χ4n) is 5.77. The van der Waals surface area contributed by atoms with Crippen molar-refractivity contribution in [2.75, 3.05) is 48.7 Å². The quantitative estimate of drug-likeness (QED) is 0.0551. The maximum Gasteiger partial charge on any atom is 0.411 e. The number of carbonyl (C=O) groups excluding carboxylic acids is 3. The maximum atomic E-state index is 12.7. The van der Waals surface area contributed by atoms with E-state index in [0.717, 1.165) is 41.9 Å². The van der Waals surface area contributed by atoms with Crippen LogP contribution in [0.15, 0.2) is 97.1 Å². The summed E-state index contributed by atoms with van der Waals surface area (Å²) < 4.78 is 5.73. The minimum Gasteiger partial charge on any atom is -0.506 e. The van der Waals surface area contributed by atoms with E-state index < -0.39 is 12.2 Å². The van der Waals surface area contributed by atoms with E-state index in [1.807, 2.05) is 78.9 Å². The zero-order chi connectivity index (χ0) is 34.4. The molecule has 6 N–H and O–H groups in total. The smallest absolute Gasteiger partial charge is 0.411 e. The van der Waals surface area contributed by atoms with Crippen molar-refractivity contribution in [3.05, 3.63) is 108 Å². The Morgan fingerprint density at radius 1 is 0.898 bits per heavy atom. The maximum absolute atomic E-state index is 12.7. The average Bonchev–Trinajstić information content (AvgIpc) is 3.12. The molecule has 0 aromatic heterocycles. The van der Waals surface area contributed by atoms with Gasteiger partial charge in [-0.1, -0.05) is 66.7 Å². The van der Waals surface area contributed by atoms with Crippen molar-refractivity contribution in [2.45, 2.75) is 37.9 Å². The number of hydrogen-bond acceptors (Lipinski definition) is 8. The molecule has 4 aromatic rings. The second-order valence-electron chi connectivity index (χ2n) is 12.0. The van der Waals surface area contributed by atoms with Crippen LogP contribution in [-0.2, 0) is 20.7 Å². The average molecular weight is 666 g/mol. The van der Waals surface area contributed by atoms with Crippen LogP contribution in [0.4, 0.5) is 21.9 Å². The zero-order valence-electron chi connectivity index (χ0n) is 27.3. The monoisotopic (exact) mass is 665 g/mol. The number of hydrogen-bond donors (Lipinski definition) is 6. The number of para-hydroxylation sites is 1. The van der Waals surface area contributed by atoms with Crippen LogP contribution in [0.3, 0.4) is 0 Å². The molecule has 1 atom stereocenters. The fraction of sp³-hybridized carbons (Fsp3) is 0.289. The summed E-state index contributed by atoms with van der Waals surface area (Å²) in [7, 11) is 0. The van der Waals surface area contributed by atoms with Gasteiger partial charge in [0.2, 0.25) is 12.3 Å². The van der Waals surface area contributed by atoms with Gasteiger partial charge in [-0.2, -0.15) is 0 Å². The highest BCUT2D eigenvalue weighted by Gasteiger charge is 2.23. The lowest BCUT2D eigenvalue weighted by Gasteiger charge is -2.31. The molecule has 0 aliphatic carbocycles. The summed E-state index contributed by atoms with van der Waals surface area (Å²) in [6.07, 6.45) is 1.55. The summed E-state index contributed by atoms with van der Waals surface area (Å²) in [6.45, 7) is 3.07. The molecule has 5 rings (SSSR count). The molecule has 1 fully saturated rings. The van der Waals surface area contributed by atoms with Crippen molar-refractivity contribution < 1.29 is 29.3 Å². The Labute approximate surface area is 286 Å². The van der Waals surface area contributed by atoms with Gasteiger partial charge in [-0.05, 0) is 72.8 Å². The molecule has 0 radical (unpaired) electrons. The third-order valence-electron chi connectivity index (χ3n) is 8.50. The summed E-state index contributed by atoms with van der Waals surface area (Å²) in [6, 6.07) is 29.8. The molecule has 11 nitrogen and oxygen atoms in total. The zero-order valence-corrected chi connectivity index (χ0v) is 27.3. The van der Waals surface area contributed by atoms with E-state index in [9.17, 15) is 24.6 Å². The minimum absolute atomic E-state index is 0.0565. The number of benzene rings is 4. The van der Waals surface area contributed by atoms with Crippen LogP contribution >= 0.6 is 0 Å². The Bertz CT molecular complexity index is 1680. The van der Waals surface area contributed by atoms with Crippen LogP contribution in [0.2, 0.25) is 0 Å². The fourth-order valence-corrected chi connectivity index (χ4v) is 5.77. The van der Waals surface area contributed by atoms with E-state index in [1.54, 1.807) is 6.07 Å². The number of phenolic OH excluding ortho intramolecular Hbond substituents is 1. The van der Waals surface area contributed by atoms with Crippen molar-refractivity contribution in [2.24, 2.45) is 0 Å². The number of aromatic hydroxyl groups is 1. The van der Waals surface area contributed by atoms with Gasteiger partial charge in [0.1, 0.15) is 11.9 Å². The van der Waals surface area contributed by atoms with E-state index in [4.69, 9.17) is 4.74 Å². The molecule has 1 saturated heterocycles. The summed E-state index contributed by atoms with van der Waals surface area (Å²) >= 11 is 0. The Kier molecular flexibility index (Phi) is 12.7.